The van der Waals surface area contributed by atoms with E-state index in [2.05, 4.69) is 44.4 Å². The minimum atomic E-state index is 0.584. The first-order valence-corrected chi connectivity index (χ1v) is 7.60. The third-order valence-electron chi connectivity index (χ3n) is 4.41. The molecule has 3 heteroatoms. The summed E-state index contributed by atoms with van der Waals surface area (Å²) in [5, 5.41) is 3.47. The second kappa shape index (κ2) is 5.14. The average molecular weight is 307 g/mol. The largest absolute Gasteiger partial charge is 0.317 e. The normalized spacial score (nSPS) is 22.8. The molecule has 96 valence electrons. The summed E-state index contributed by atoms with van der Waals surface area (Å²) in [7, 11) is 0. The molecule has 1 saturated heterocycles. The summed E-state index contributed by atoms with van der Waals surface area (Å²) in [6, 6.07) is 6.18. The van der Waals surface area contributed by atoms with Gasteiger partial charge in [0.1, 0.15) is 4.60 Å². The van der Waals surface area contributed by atoms with Crippen LogP contribution in [0.15, 0.2) is 28.9 Å². The van der Waals surface area contributed by atoms with Crippen LogP contribution in [0.1, 0.15) is 37.8 Å². The first-order valence-electron chi connectivity index (χ1n) is 6.80. The summed E-state index contributed by atoms with van der Waals surface area (Å²) in [4.78, 5) is 4.57. The Labute approximate surface area is 117 Å². The van der Waals surface area contributed by atoms with Crippen molar-refractivity contribution in [3.8, 4) is 0 Å². The Kier molecular flexibility index (Phi) is 3.53. The summed E-state index contributed by atoms with van der Waals surface area (Å²) in [5.41, 5.74) is 3.16. The Morgan fingerprint density at radius 2 is 2.00 bits per heavy atom. The summed E-state index contributed by atoms with van der Waals surface area (Å²) < 4.78 is 0.933. The Bertz CT molecular complexity index is 461. The second-order valence-corrected chi connectivity index (χ2v) is 6.34. The standard InChI is InChI=1S/C15H19BrN2/c16-14-3-1-2-13(18-14)12-4-6-15(7-5-12)8-10-17-11-9-15/h1-4,17H,5-11H2. The molecule has 2 nitrogen and oxygen atoms in total. The molecule has 18 heavy (non-hydrogen) atoms. The molecule has 0 aromatic carbocycles. The van der Waals surface area contributed by atoms with Crippen molar-refractivity contribution in [3.63, 3.8) is 0 Å². The van der Waals surface area contributed by atoms with E-state index >= 15 is 0 Å². The van der Waals surface area contributed by atoms with E-state index in [-0.39, 0.29) is 0 Å². The molecular formula is C15H19BrN2. The van der Waals surface area contributed by atoms with Crippen LogP contribution in [-0.2, 0) is 0 Å². The monoisotopic (exact) mass is 306 g/mol. The number of nitrogens with one attached hydrogen (secondary N) is 1. The zero-order chi connectivity index (χ0) is 12.4. The van der Waals surface area contributed by atoms with E-state index in [9.17, 15) is 0 Å². The molecule has 0 bridgehead atoms. The van der Waals surface area contributed by atoms with E-state index in [1.807, 2.05) is 6.07 Å². The van der Waals surface area contributed by atoms with Crippen LogP contribution >= 0.6 is 15.9 Å². The minimum absolute atomic E-state index is 0.584. The summed E-state index contributed by atoms with van der Waals surface area (Å²) >= 11 is 3.45. The fraction of sp³-hybridized carbons (Fsp3) is 0.533. The fourth-order valence-corrected chi connectivity index (χ4v) is 3.52. The molecule has 0 radical (unpaired) electrons. The Morgan fingerprint density at radius 1 is 1.17 bits per heavy atom. The first kappa shape index (κ1) is 12.4. The van der Waals surface area contributed by atoms with Gasteiger partial charge in [0, 0.05) is 0 Å². The molecule has 3 rings (SSSR count). The molecule has 1 aromatic rings. The number of hydrogen-bond acceptors (Lipinski definition) is 2. The minimum Gasteiger partial charge on any atom is -0.317 e. The molecule has 1 fully saturated rings. The van der Waals surface area contributed by atoms with Crippen LogP contribution in [0.5, 0.6) is 0 Å². The van der Waals surface area contributed by atoms with Gasteiger partial charge in [0.25, 0.3) is 0 Å². The van der Waals surface area contributed by atoms with Crippen LogP contribution in [0.25, 0.3) is 5.57 Å². The number of rotatable bonds is 1. The Morgan fingerprint density at radius 3 is 2.67 bits per heavy atom. The number of aromatic nitrogens is 1. The van der Waals surface area contributed by atoms with Crippen molar-refractivity contribution >= 4 is 21.5 Å². The lowest BCUT2D eigenvalue weighted by Crippen LogP contribution is -2.37. The average Bonchev–Trinajstić information content (AvgIpc) is 2.40. The van der Waals surface area contributed by atoms with E-state index in [0.29, 0.717) is 5.41 Å². The van der Waals surface area contributed by atoms with Gasteiger partial charge in [-0.1, -0.05) is 12.1 Å². The maximum absolute atomic E-state index is 4.57. The number of hydrogen-bond donors (Lipinski definition) is 1. The van der Waals surface area contributed by atoms with E-state index in [0.717, 1.165) is 10.3 Å². The molecule has 0 amide bonds. The summed E-state index contributed by atoms with van der Waals surface area (Å²) in [6.07, 6.45) is 8.85. The second-order valence-electron chi connectivity index (χ2n) is 5.53. The number of pyridine rings is 1. The number of allylic oxidation sites excluding steroid dienone is 2. The fourth-order valence-electron chi connectivity index (χ4n) is 3.17. The van der Waals surface area contributed by atoms with E-state index in [1.54, 1.807) is 0 Å². The molecule has 0 atom stereocenters. The maximum atomic E-state index is 4.57. The van der Waals surface area contributed by atoms with Crippen LogP contribution in [0.3, 0.4) is 0 Å². The van der Waals surface area contributed by atoms with Gasteiger partial charge in [0.15, 0.2) is 0 Å². The smallest absolute Gasteiger partial charge is 0.106 e. The predicted molar refractivity (Wildman–Crippen MR) is 78.3 cm³/mol. The molecule has 2 heterocycles. The molecule has 1 aliphatic heterocycles. The van der Waals surface area contributed by atoms with Gasteiger partial charge < -0.3 is 5.32 Å². The predicted octanol–water partition coefficient (Wildman–Crippen LogP) is 3.78. The topological polar surface area (TPSA) is 24.9 Å². The van der Waals surface area contributed by atoms with Crippen molar-refractivity contribution in [3.05, 3.63) is 34.6 Å². The van der Waals surface area contributed by atoms with E-state index in [4.69, 9.17) is 0 Å². The highest BCUT2D eigenvalue weighted by Crippen LogP contribution is 2.44. The van der Waals surface area contributed by atoms with Crippen molar-refractivity contribution in [1.82, 2.24) is 10.3 Å². The first-order chi connectivity index (χ1) is 8.77. The van der Waals surface area contributed by atoms with Gasteiger partial charge in [-0.2, -0.15) is 0 Å². The quantitative estimate of drug-likeness (QED) is 0.799. The highest BCUT2D eigenvalue weighted by Gasteiger charge is 2.33. The lowest BCUT2D eigenvalue weighted by molar-refractivity contribution is 0.184. The van der Waals surface area contributed by atoms with Gasteiger partial charge in [-0.3, -0.25) is 0 Å². The van der Waals surface area contributed by atoms with Gasteiger partial charge >= 0.3 is 0 Å². The van der Waals surface area contributed by atoms with Crippen molar-refractivity contribution in [2.24, 2.45) is 5.41 Å². The number of nitrogens with zero attached hydrogens (tertiary/aromatic N) is 1. The third kappa shape index (κ3) is 2.52. The Balaban J connectivity index is 1.77. The van der Waals surface area contributed by atoms with Crippen LogP contribution < -0.4 is 5.32 Å². The molecule has 0 saturated carbocycles. The van der Waals surface area contributed by atoms with Crippen LogP contribution in [0, 0.1) is 5.41 Å². The molecule has 0 unspecified atom stereocenters. The van der Waals surface area contributed by atoms with Gasteiger partial charge in [0.2, 0.25) is 0 Å². The zero-order valence-corrected chi connectivity index (χ0v) is 12.2. The van der Waals surface area contributed by atoms with Gasteiger partial charge in [-0.25, -0.2) is 4.98 Å². The van der Waals surface area contributed by atoms with Gasteiger partial charge in [-0.05, 0) is 84.2 Å². The lowest BCUT2D eigenvalue weighted by atomic mass is 9.69. The maximum Gasteiger partial charge on any atom is 0.106 e. The van der Waals surface area contributed by atoms with Crippen molar-refractivity contribution in [1.29, 1.82) is 0 Å². The lowest BCUT2D eigenvalue weighted by Gasteiger charge is -2.40. The SMILES string of the molecule is Brc1cccc(C2=CCC3(CCNCC3)CC2)n1. The Hall–Kier alpha value is -0.670. The van der Waals surface area contributed by atoms with Crippen molar-refractivity contribution < 1.29 is 0 Å². The third-order valence-corrected chi connectivity index (χ3v) is 4.86. The highest BCUT2D eigenvalue weighted by atomic mass is 79.9. The molecule has 2 aliphatic rings. The molecule has 1 spiro atoms. The molecule has 1 N–H and O–H groups in total. The molecule has 1 aromatic heterocycles. The number of piperidine rings is 1. The van der Waals surface area contributed by atoms with Crippen LogP contribution in [0.4, 0.5) is 0 Å². The van der Waals surface area contributed by atoms with Gasteiger partial charge in [0.05, 0.1) is 5.69 Å². The van der Waals surface area contributed by atoms with E-state index in [1.165, 1.54) is 50.8 Å². The van der Waals surface area contributed by atoms with Gasteiger partial charge in [-0.15, -0.1) is 0 Å². The van der Waals surface area contributed by atoms with Crippen LogP contribution in [0.2, 0.25) is 0 Å². The van der Waals surface area contributed by atoms with Crippen LogP contribution in [-0.4, -0.2) is 18.1 Å². The summed E-state index contributed by atoms with van der Waals surface area (Å²) in [5.74, 6) is 0. The highest BCUT2D eigenvalue weighted by molar-refractivity contribution is 9.10. The summed E-state index contributed by atoms with van der Waals surface area (Å²) in [6.45, 7) is 2.39. The number of halogens is 1. The van der Waals surface area contributed by atoms with Crippen molar-refractivity contribution in [2.75, 3.05) is 13.1 Å². The van der Waals surface area contributed by atoms with E-state index < -0.39 is 0 Å². The molecule has 1 aliphatic carbocycles. The van der Waals surface area contributed by atoms with Crippen molar-refractivity contribution in [2.45, 2.75) is 32.1 Å². The zero-order valence-electron chi connectivity index (χ0n) is 10.6. The molecular weight excluding hydrogens is 288 g/mol.